The van der Waals surface area contributed by atoms with E-state index in [1.54, 1.807) is 11.3 Å². The van der Waals surface area contributed by atoms with Crippen LogP contribution in [0.3, 0.4) is 0 Å². The topological polar surface area (TPSA) is 38.2 Å². The van der Waals surface area contributed by atoms with E-state index in [2.05, 4.69) is 52.5 Å². The third-order valence-electron chi connectivity index (χ3n) is 4.43. The van der Waals surface area contributed by atoms with Gasteiger partial charge in [-0.2, -0.15) is 0 Å². The Kier molecular flexibility index (Phi) is 4.21. The van der Waals surface area contributed by atoms with Crippen LogP contribution >= 0.6 is 11.3 Å². The van der Waals surface area contributed by atoms with Crippen LogP contribution in [0.1, 0.15) is 29.4 Å². The quantitative estimate of drug-likeness (QED) is 0.719. The number of morpholine rings is 1. The average molecular weight is 339 g/mol. The Morgan fingerprint density at radius 3 is 2.96 bits per heavy atom. The van der Waals surface area contributed by atoms with E-state index in [-0.39, 0.29) is 6.10 Å². The average Bonchev–Trinajstić information content (AvgIpc) is 3.07. The molecule has 24 heavy (non-hydrogen) atoms. The van der Waals surface area contributed by atoms with Crippen molar-refractivity contribution >= 4 is 27.9 Å². The molecule has 0 N–H and O–H groups in total. The van der Waals surface area contributed by atoms with Crippen LogP contribution in [0.5, 0.6) is 0 Å². The third kappa shape index (κ3) is 2.89. The first-order chi connectivity index (χ1) is 11.7. The lowest BCUT2D eigenvalue weighted by Gasteiger charge is -2.34. The van der Waals surface area contributed by atoms with Crippen molar-refractivity contribution in [3.63, 3.8) is 0 Å². The van der Waals surface area contributed by atoms with Crippen molar-refractivity contribution in [2.75, 3.05) is 24.6 Å². The fourth-order valence-electron chi connectivity index (χ4n) is 3.19. The Hall–Kier alpha value is -1.98. The Labute approximate surface area is 146 Å². The molecule has 1 unspecified atom stereocenters. The largest absolute Gasteiger partial charge is 0.367 e. The molecule has 1 aliphatic heterocycles. The van der Waals surface area contributed by atoms with E-state index < -0.39 is 0 Å². The molecule has 4 rings (SSSR count). The van der Waals surface area contributed by atoms with E-state index in [9.17, 15) is 0 Å². The number of para-hydroxylation sites is 1. The SMILES string of the molecule is CCc1cc(N2CCOC(c3nc(C)cs3)C2)c2ccccc2n1. The number of benzene rings is 1. The lowest BCUT2D eigenvalue weighted by molar-refractivity contribution is 0.0397. The molecule has 1 aliphatic rings. The Balaban J connectivity index is 1.71. The number of hydrogen-bond donors (Lipinski definition) is 0. The van der Waals surface area contributed by atoms with Crippen molar-refractivity contribution in [3.05, 3.63) is 52.1 Å². The van der Waals surface area contributed by atoms with Crippen LogP contribution in [0, 0.1) is 6.92 Å². The first-order valence-electron chi connectivity index (χ1n) is 8.42. The van der Waals surface area contributed by atoms with Gasteiger partial charge in [-0.3, -0.25) is 4.98 Å². The maximum Gasteiger partial charge on any atom is 0.126 e. The van der Waals surface area contributed by atoms with Crippen molar-refractivity contribution < 1.29 is 4.74 Å². The van der Waals surface area contributed by atoms with Gasteiger partial charge in [0.25, 0.3) is 0 Å². The van der Waals surface area contributed by atoms with Gasteiger partial charge in [0.05, 0.1) is 18.7 Å². The highest BCUT2D eigenvalue weighted by atomic mass is 32.1. The lowest BCUT2D eigenvalue weighted by Crippen LogP contribution is -2.38. The summed E-state index contributed by atoms with van der Waals surface area (Å²) in [5.41, 5.74) is 4.54. The summed E-state index contributed by atoms with van der Waals surface area (Å²) in [5.74, 6) is 0. The number of pyridine rings is 1. The van der Waals surface area contributed by atoms with Crippen LogP contribution in [-0.2, 0) is 11.2 Å². The number of nitrogens with zero attached hydrogens (tertiary/aromatic N) is 3. The molecule has 5 heteroatoms. The normalized spacial score (nSPS) is 18.2. The predicted octanol–water partition coefficient (Wildman–Crippen LogP) is 4.14. The zero-order valence-corrected chi connectivity index (χ0v) is 14.8. The second kappa shape index (κ2) is 6.49. The zero-order chi connectivity index (χ0) is 16.5. The van der Waals surface area contributed by atoms with E-state index in [1.807, 2.05) is 6.92 Å². The van der Waals surface area contributed by atoms with Crippen molar-refractivity contribution in [2.45, 2.75) is 26.4 Å². The van der Waals surface area contributed by atoms with E-state index in [4.69, 9.17) is 9.72 Å². The van der Waals surface area contributed by atoms with Gasteiger partial charge in [0.1, 0.15) is 11.1 Å². The number of hydrogen-bond acceptors (Lipinski definition) is 5. The predicted molar refractivity (Wildman–Crippen MR) is 98.9 cm³/mol. The summed E-state index contributed by atoms with van der Waals surface area (Å²) in [6.07, 6.45) is 0.992. The molecule has 3 heterocycles. The van der Waals surface area contributed by atoms with Crippen LogP contribution in [0.4, 0.5) is 5.69 Å². The zero-order valence-electron chi connectivity index (χ0n) is 14.0. The second-order valence-corrected chi connectivity index (χ2v) is 7.03. The van der Waals surface area contributed by atoms with Crippen molar-refractivity contribution in [1.29, 1.82) is 0 Å². The third-order valence-corrected chi connectivity index (χ3v) is 5.48. The van der Waals surface area contributed by atoms with Crippen molar-refractivity contribution in [3.8, 4) is 0 Å². The smallest absolute Gasteiger partial charge is 0.126 e. The van der Waals surface area contributed by atoms with Gasteiger partial charge < -0.3 is 9.64 Å². The van der Waals surface area contributed by atoms with Gasteiger partial charge in [0, 0.05) is 34.4 Å². The van der Waals surface area contributed by atoms with Crippen LogP contribution in [0.2, 0.25) is 0 Å². The van der Waals surface area contributed by atoms with Crippen LogP contribution in [0.15, 0.2) is 35.7 Å². The molecule has 2 aromatic heterocycles. The molecule has 124 valence electrons. The molecule has 0 saturated carbocycles. The molecule has 0 amide bonds. The van der Waals surface area contributed by atoms with Gasteiger partial charge in [0.2, 0.25) is 0 Å². The molecular formula is C19H21N3OS. The van der Waals surface area contributed by atoms with Crippen LogP contribution < -0.4 is 4.90 Å². The molecule has 1 atom stereocenters. The molecule has 0 aliphatic carbocycles. The molecule has 4 nitrogen and oxygen atoms in total. The van der Waals surface area contributed by atoms with E-state index in [1.165, 1.54) is 11.1 Å². The number of thiazole rings is 1. The maximum absolute atomic E-state index is 5.99. The fourth-order valence-corrected chi connectivity index (χ4v) is 4.03. The first kappa shape index (κ1) is 15.5. The summed E-state index contributed by atoms with van der Waals surface area (Å²) >= 11 is 1.69. The lowest BCUT2D eigenvalue weighted by atomic mass is 10.1. The van der Waals surface area contributed by atoms with E-state index >= 15 is 0 Å². The summed E-state index contributed by atoms with van der Waals surface area (Å²) in [4.78, 5) is 11.8. The molecule has 1 fully saturated rings. The summed E-state index contributed by atoms with van der Waals surface area (Å²) in [6, 6.07) is 10.6. The van der Waals surface area contributed by atoms with Gasteiger partial charge in [-0.15, -0.1) is 11.3 Å². The summed E-state index contributed by atoms with van der Waals surface area (Å²) in [7, 11) is 0. The Bertz CT molecular complexity index is 861. The number of anilines is 1. The minimum atomic E-state index is 0.0504. The Morgan fingerprint density at radius 2 is 2.17 bits per heavy atom. The highest BCUT2D eigenvalue weighted by Gasteiger charge is 2.25. The summed E-state index contributed by atoms with van der Waals surface area (Å²) < 4.78 is 5.99. The van der Waals surface area contributed by atoms with Crippen LogP contribution in [0.25, 0.3) is 10.9 Å². The molecule has 1 saturated heterocycles. The molecular weight excluding hydrogens is 318 g/mol. The van der Waals surface area contributed by atoms with Gasteiger partial charge in [-0.1, -0.05) is 25.1 Å². The summed E-state index contributed by atoms with van der Waals surface area (Å²) in [5, 5.41) is 4.38. The molecule has 0 radical (unpaired) electrons. The number of aromatic nitrogens is 2. The molecule has 0 bridgehead atoms. The summed E-state index contributed by atoms with van der Waals surface area (Å²) in [6.45, 7) is 6.65. The van der Waals surface area contributed by atoms with Gasteiger partial charge in [0.15, 0.2) is 0 Å². The molecule has 3 aromatic rings. The monoisotopic (exact) mass is 339 g/mol. The first-order valence-corrected chi connectivity index (χ1v) is 9.30. The fraction of sp³-hybridized carbons (Fsp3) is 0.368. The van der Waals surface area contributed by atoms with Gasteiger partial charge in [-0.25, -0.2) is 4.98 Å². The number of rotatable bonds is 3. The highest BCUT2D eigenvalue weighted by molar-refractivity contribution is 7.09. The van der Waals surface area contributed by atoms with Gasteiger partial charge >= 0.3 is 0 Å². The second-order valence-electron chi connectivity index (χ2n) is 6.14. The minimum Gasteiger partial charge on any atom is -0.367 e. The maximum atomic E-state index is 5.99. The van der Waals surface area contributed by atoms with Crippen LogP contribution in [-0.4, -0.2) is 29.7 Å². The molecule has 1 aromatic carbocycles. The van der Waals surface area contributed by atoms with E-state index in [0.29, 0.717) is 0 Å². The number of ether oxygens (including phenoxy) is 1. The van der Waals surface area contributed by atoms with Crippen molar-refractivity contribution in [2.24, 2.45) is 0 Å². The standard InChI is InChI=1S/C19H21N3OS/c1-3-14-10-17(15-6-4-5-7-16(15)21-14)22-8-9-23-18(11-22)19-20-13(2)12-24-19/h4-7,10,12,18H,3,8-9,11H2,1-2H3. The van der Waals surface area contributed by atoms with Gasteiger partial charge in [-0.05, 0) is 25.5 Å². The molecule has 0 spiro atoms. The van der Waals surface area contributed by atoms with E-state index in [0.717, 1.165) is 48.0 Å². The van der Waals surface area contributed by atoms with Crippen molar-refractivity contribution in [1.82, 2.24) is 9.97 Å². The number of aryl methyl sites for hydroxylation is 2. The number of fused-ring (bicyclic) bond motifs is 1. The Morgan fingerprint density at radius 1 is 1.29 bits per heavy atom. The minimum absolute atomic E-state index is 0.0504. The highest BCUT2D eigenvalue weighted by Crippen LogP contribution is 2.32.